The van der Waals surface area contributed by atoms with Gasteiger partial charge in [0, 0.05) is 12.1 Å². The van der Waals surface area contributed by atoms with Crippen LogP contribution < -0.4 is 5.32 Å². The van der Waals surface area contributed by atoms with Gasteiger partial charge in [0.05, 0.1) is 11.1 Å². The molecule has 0 saturated heterocycles. The van der Waals surface area contributed by atoms with Gasteiger partial charge in [-0.25, -0.2) is 9.37 Å². The molecule has 0 saturated carbocycles. The number of carbonyl (C=O) groups is 1. The number of aromatic nitrogens is 1. The number of nitrogens with zero attached hydrogens (tertiary/aromatic N) is 1. The van der Waals surface area contributed by atoms with E-state index in [1.165, 1.54) is 23.5 Å². The molecule has 0 bridgehead atoms. The van der Waals surface area contributed by atoms with Crippen LogP contribution in [0, 0.1) is 19.3 Å². The monoisotopic (exact) mass is 353 g/mol. The van der Waals surface area contributed by atoms with Crippen LogP contribution in [0.4, 0.5) is 9.52 Å². The number of rotatable bonds is 7. The van der Waals surface area contributed by atoms with E-state index in [9.17, 15) is 9.18 Å². The second-order valence-corrected chi connectivity index (χ2v) is 6.72. The Labute approximate surface area is 150 Å². The average Bonchev–Trinajstić information content (AvgIpc) is 3.08. The van der Waals surface area contributed by atoms with Gasteiger partial charge in [0.1, 0.15) is 5.82 Å². The lowest BCUT2D eigenvalue weighted by molar-refractivity contribution is 0.104. The van der Waals surface area contributed by atoms with Crippen molar-refractivity contribution in [3.05, 3.63) is 88.7 Å². The predicted octanol–water partition coefficient (Wildman–Crippen LogP) is 5.03. The summed E-state index contributed by atoms with van der Waals surface area (Å²) in [5.74, 6) is -0.229. The third kappa shape index (κ3) is 4.51. The maximum Gasteiger partial charge on any atom is 0.204 e. The molecule has 0 amide bonds. The van der Waals surface area contributed by atoms with Gasteiger partial charge in [-0.05, 0) is 43.0 Å². The highest BCUT2D eigenvalue weighted by molar-refractivity contribution is 7.17. The number of benzene rings is 2. The fourth-order valence-corrected chi connectivity index (χ4v) is 3.26. The third-order valence-electron chi connectivity index (χ3n) is 3.81. The van der Waals surface area contributed by atoms with Crippen molar-refractivity contribution in [2.75, 3.05) is 5.32 Å². The van der Waals surface area contributed by atoms with Gasteiger partial charge in [0.2, 0.25) is 5.78 Å². The second kappa shape index (κ2) is 8.03. The minimum absolute atomic E-state index is 0.0107. The van der Waals surface area contributed by atoms with Crippen LogP contribution in [0.5, 0.6) is 0 Å². The molecular formula is C20H18FN2OS. The molecule has 3 aromatic rings. The highest BCUT2D eigenvalue weighted by Gasteiger charge is 2.14. The van der Waals surface area contributed by atoms with E-state index < -0.39 is 0 Å². The Morgan fingerprint density at radius 2 is 2.08 bits per heavy atom. The van der Waals surface area contributed by atoms with E-state index in [0.717, 1.165) is 24.0 Å². The zero-order valence-electron chi connectivity index (χ0n) is 13.8. The summed E-state index contributed by atoms with van der Waals surface area (Å²) < 4.78 is 13.1. The Morgan fingerprint density at radius 3 is 2.88 bits per heavy atom. The predicted molar refractivity (Wildman–Crippen MR) is 99.4 cm³/mol. The highest BCUT2D eigenvalue weighted by atomic mass is 32.1. The highest BCUT2D eigenvalue weighted by Crippen LogP contribution is 2.23. The van der Waals surface area contributed by atoms with Crippen LogP contribution in [0.2, 0.25) is 0 Å². The van der Waals surface area contributed by atoms with Gasteiger partial charge in [-0.15, -0.1) is 0 Å². The summed E-state index contributed by atoms with van der Waals surface area (Å²) in [5, 5.41) is 3.78. The number of halogens is 1. The minimum Gasteiger partial charge on any atom is -0.357 e. The lowest BCUT2D eigenvalue weighted by atomic mass is 10.0. The molecule has 0 unspecified atom stereocenters. The molecule has 1 radical (unpaired) electrons. The number of nitrogens with one attached hydrogen (secondary N) is 1. The number of carbonyl (C=O) groups excluding carboxylic acids is 1. The molecule has 2 aromatic carbocycles. The number of hydrogen-bond donors (Lipinski definition) is 1. The molecule has 1 aromatic heterocycles. The summed E-state index contributed by atoms with van der Waals surface area (Å²) in [6, 6.07) is 14.1. The van der Waals surface area contributed by atoms with Crippen molar-refractivity contribution in [1.82, 2.24) is 4.98 Å². The van der Waals surface area contributed by atoms with Crippen molar-refractivity contribution < 1.29 is 9.18 Å². The molecule has 1 N–H and O–H groups in total. The molecule has 0 fully saturated rings. The first-order valence-electron chi connectivity index (χ1n) is 8.02. The van der Waals surface area contributed by atoms with Crippen molar-refractivity contribution in [3.63, 3.8) is 0 Å². The van der Waals surface area contributed by atoms with Crippen LogP contribution >= 0.6 is 11.3 Å². The molecule has 0 aliphatic rings. The van der Waals surface area contributed by atoms with Crippen molar-refractivity contribution in [1.29, 1.82) is 0 Å². The molecular weight excluding hydrogens is 335 g/mol. The van der Waals surface area contributed by atoms with Gasteiger partial charge in [0.15, 0.2) is 5.13 Å². The number of hydrogen-bond acceptors (Lipinski definition) is 4. The second-order valence-electron chi connectivity index (χ2n) is 5.69. The number of thiazole rings is 1. The zero-order valence-corrected chi connectivity index (χ0v) is 14.6. The largest absolute Gasteiger partial charge is 0.357 e. The van der Waals surface area contributed by atoms with E-state index in [2.05, 4.69) is 10.3 Å². The summed E-state index contributed by atoms with van der Waals surface area (Å²) in [4.78, 5) is 17.4. The van der Waals surface area contributed by atoms with E-state index in [-0.39, 0.29) is 11.6 Å². The Bertz CT molecular complexity index is 875. The molecule has 25 heavy (non-hydrogen) atoms. The number of aryl methyl sites for hydroxylation is 2. The topological polar surface area (TPSA) is 42.0 Å². The van der Waals surface area contributed by atoms with Gasteiger partial charge in [-0.2, -0.15) is 0 Å². The SMILES string of the molecule is Cc1ccccc1C(=O)c1cnc(N[CH]CCc2cccc(F)c2)s1. The molecule has 3 rings (SSSR count). The van der Waals surface area contributed by atoms with Gasteiger partial charge in [-0.1, -0.05) is 47.7 Å². The van der Waals surface area contributed by atoms with Crippen molar-refractivity contribution in [3.8, 4) is 0 Å². The first-order valence-corrected chi connectivity index (χ1v) is 8.84. The van der Waals surface area contributed by atoms with E-state index in [0.29, 0.717) is 15.6 Å². The Morgan fingerprint density at radius 1 is 1.24 bits per heavy atom. The van der Waals surface area contributed by atoms with Crippen molar-refractivity contribution >= 4 is 22.3 Å². The Kier molecular flexibility index (Phi) is 5.56. The quantitative estimate of drug-likeness (QED) is 0.478. The standard InChI is InChI=1S/C20H18FN2OS/c1-14-6-2-3-10-17(14)19(24)18-13-23-20(25-18)22-11-5-8-15-7-4-9-16(21)12-15/h2-4,6-7,9-13H,5,8H2,1H3,(H,22,23). The smallest absolute Gasteiger partial charge is 0.204 e. The van der Waals surface area contributed by atoms with Gasteiger partial charge in [0.25, 0.3) is 0 Å². The molecule has 0 aliphatic heterocycles. The lowest BCUT2D eigenvalue weighted by Crippen LogP contribution is -2.00. The fraction of sp³-hybridized carbons (Fsp3) is 0.150. The van der Waals surface area contributed by atoms with E-state index in [1.54, 1.807) is 12.3 Å². The molecule has 0 aliphatic carbocycles. The van der Waals surface area contributed by atoms with Crippen LogP contribution in [-0.2, 0) is 6.42 Å². The normalized spacial score (nSPS) is 10.6. The summed E-state index contributed by atoms with van der Waals surface area (Å²) in [5.41, 5.74) is 2.61. The van der Waals surface area contributed by atoms with Gasteiger partial charge in [-0.3, -0.25) is 4.79 Å². The Hall–Kier alpha value is -2.53. The number of ketones is 1. The molecule has 3 nitrogen and oxygen atoms in total. The maximum atomic E-state index is 13.1. The van der Waals surface area contributed by atoms with Crippen molar-refractivity contribution in [2.24, 2.45) is 0 Å². The average molecular weight is 353 g/mol. The molecule has 0 spiro atoms. The van der Waals surface area contributed by atoms with Gasteiger partial charge >= 0.3 is 0 Å². The summed E-state index contributed by atoms with van der Waals surface area (Å²) in [6.45, 7) is 3.80. The summed E-state index contributed by atoms with van der Waals surface area (Å²) in [6.07, 6.45) is 3.08. The molecule has 0 atom stereocenters. The molecule has 127 valence electrons. The first kappa shape index (κ1) is 17.3. The van der Waals surface area contributed by atoms with E-state index in [4.69, 9.17) is 0 Å². The minimum atomic E-state index is -0.218. The van der Waals surface area contributed by atoms with E-state index in [1.807, 2.05) is 43.8 Å². The molecule has 5 heteroatoms. The fourth-order valence-electron chi connectivity index (χ4n) is 2.50. The first-order chi connectivity index (χ1) is 12.1. The van der Waals surface area contributed by atoms with Crippen LogP contribution in [0.3, 0.4) is 0 Å². The molecule has 1 heterocycles. The van der Waals surface area contributed by atoms with Crippen LogP contribution in [0.1, 0.15) is 32.8 Å². The maximum absolute atomic E-state index is 13.1. The zero-order chi connectivity index (χ0) is 17.6. The van der Waals surface area contributed by atoms with Gasteiger partial charge < -0.3 is 5.32 Å². The van der Waals surface area contributed by atoms with Crippen molar-refractivity contribution in [2.45, 2.75) is 19.8 Å². The van der Waals surface area contributed by atoms with Crippen LogP contribution in [0.25, 0.3) is 0 Å². The van der Waals surface area contributed by atoms with E-state index >= 15 is 0 Å². The Balaban J connectivity index is 1.53. The lowest BCUT2D eigenvalue weighted by Gasteiger charge is -2.03. The van der Waals surface area contributed by atoms with Crippen LogP contribution in [0.15, 0.2) is 54.7 Å². The third-order valence-corrected chi connectivity index (χ3v) is 4.74. The summed E-state index contributed by atoms with van der Waals surface area (Å²) >= 11 is 1.33. The number of anilines is 1. The van der Waals surface area contributed by atoms with Crippen LogP contribution in [-0.4, -0.2) is 10.8 Å². The summed E-state index contributed by atoms with van der Waals surface area (Å²) in [7, 11) is 0.